The van der Waals surface area contributed by atoms with Gasteiger partial charge in [-0.15, -0.1) is 11.3 Å². The van der Waals surface area contributed by atoms with E-state index in [-0.39, 0.29) is 15.8 Å². The van der Waals surface area contributed by atoms with Gasteiger partial charge in [-0.2, -0.15) is 0 Å². The summed E-state index contributed by atoms with van der Waals surface area (Å²) in [5, 5.41) is 17.9. The number of hydrogen-bond acceptors (Lipinski definition) is 5. The summed E-state index contributed by atoms with van der Waals surface area (Å²) in [4.78, 5) is 22.8. The fraction of sp³-hybridized carbons (Fsp3) is 0. The lowest BCUT2D eigenvalue weighted by Gasteiger charge is -2.09. The van der Waals surface area contributed by atoms with Gasteiger partial charge >= 0.3 is 0 Å². The molecule has 2 aromatic rings. The van der Waals surface area contributed by atoms with E-state index in [1.54, 1.807) is 6.08 Å². The summed E-state index contributed by atoms with van der Waals surface area (Å²) in [6.07, 6.45) is 3.03. The summed E-state index contributed by atoms with van der Waals surface area (Å²) >= 11 is 12.4. The van der Waals surface area contributed by atoms with E-state index in [9.17, 15) is 14.9 Å². The van der Waals surface area contributed by atoms with Crippen molar-refractivity contribution in [3.63, 3.8) is 0 Å². The van der Waals surface area contributed by atoms with E-state index in [0.29, 0.717) is 5.69 Å². The Bertz CT molecular complexity index is 776. The number of rotatable bonds is 4. The second-order valence-corrected chi connectivity index (χ2v) is 6.01. The Morgan fingerprint density at radius 2 is 2.17 bits per heavy atom. The monoisotopic (exact) mass is 367 g/mol. The molecule has 6 nitrogen and oxygen atoms in total. The molecule has 2 rings (SSSR count). The van der Waals surface area contributed by atoms with Crippen molar-refractivity contribution in [2.45, 2.75) is 0 Å². The van der Waals surface area contributed by atoms with Crippen LogP contribution >= 0.6 is 35.2 Å². The van der Waals surface area contributed by atoms with Crippen LogP contribution in [0.1, 0.15) is 4.88 Å². The van der Waals surface area contributed by atoms with Gasteiger partial charge in [0.25, 0.3) is 5.69 Å². The van der Waals surface area contributed by atoms with Crippen LogP contribution in [0.15, 0.2) is 41.8 Å². The minimum Gasteiger partial charge on any atom is -0.331 e. The number of non-ortho nitro benzene ring substituents is 1. The molecular weight excluding hydrogens is 358 g/mol. The summed E-state index contributed by atoms with van der Waals surface area (Å²) in [7, 11) is 0. The van der Waals surface area contributed by atoms with Crippen LogP contribution in [-0.4, -0.2) is 15.9 Å². The zero-order valence-electron chi connectivity index (χ0n) is 11.5. The molecule has 0 aliphatic carbocycles. The number of anilines is 1. The standard InChI is InChI=1S/C14H10ClN3O3S2/c15-11-8-9(18(20)21)3-5-12(11)16-14(22)17-13(19)6-4-10-2-1-7-23-10/h1-8H,(H2,16,17,19,22)/b6-4+. The molecule has 118 valence electrons. The van der Waals surface area contributed by atoms with E-state index in [2.05, 4.69) is 10.6 Å². The number of nitro groups is 1. The molecule has 1 heterocycles. The summed E-state index contributed by atoms with van der Waals surface area (Å²) in [5.74, 6) is -0.395. The Kier molecular flexibility index (Phi) is 5.80. The zero-order chi connectivity index (χ0) is 16.8. The number of carbonyl (C=O) groups excluding carboxylic acids is 1. The van der Waals surface area contributed by atoms with Gasteiger partial charge in [-0.1, -0.05) is 17.7 Å². The van der Waals surface area contributed by atoms with E-state index in [0.717, 1.165) is 4.88 Å². The van der Waals surface area contributed by atoms with Gasteiger partial charge in [-0.25, -0.2) is 0 Å². The van der Waals surface area contributed by atoms with Gasteiger partial charge in [0, 0.05) is 23.1 Å². The van der Waals surface area contributed by atoms with Crippen LogP contribution < -0.4 is 10.6 Å². The number of thiophene rings is 1. The Labute approximate surface area is 145 Å². The van der Waals surface area contributed by atoms with Crippen molar-refractivity contribution in [2.75, 3.05) is 5.32 Å². The van der Waals surface area contributed by atoms with Crippen LogP contribution in [0.25, 0.3) is 6.08 Å². The van der Waals surface area contributed by atoms with E-state index in [1.165, 1.54) is 35.6 Å². The average molecular weight is 368 g/mol. The lowest BCUT2D eigenvalue weighted by molar-refractivity contribution is -0.384. The predicted octanol–water partition coefficient (Wildman–Crippen LogP) is 3.84. The van der Waals surface area contributed by atoms with Crippen LogP contribution in [0.3, 0.4) is 0 Å². The highest BCUT2D eigenvalue weighted by atomic mass is 35.5. The van der Waals surface area contributed by atoms with Crippen LogP contribution in [0.4, 0.5) is 11.4 Å². The maximum Gasteiger partial charge on any atom is 0.271 e. The molecule has 0 aliphatic heterocycles. The second-order valence-electron chi connectivity index (χ2n) is 4.21. The molecule has 1 aromatic heterocycles. The van der Waals surface area contributed by atoms with E-state index in [4.69, 9.17) is 23.8 Å². The summed E-state index contributed by atoms with van der Waals surface area (Å²) < 4.78 is 0. The van der Waals surface area contributed by atoms with E-state index in [1.807, 2.05) is 17.5 Å². The fourth-order valence-corrected chi connectivity index (χ4v) is 2.62. The van der Waals surface area contributed by atoms with Crippen molar-refractivity contribution < 1.29 is 9.72 Å². The Morgan fingerprint density at radius 1 is 1.39 bits per heavy atom. The molecule has 0 saturated carbocycles. The second kappa shape index (κ2) is 7.82. The average Bonchev–Trinajstić information content (AvgIpc) is 3.00. The number of amides is 1. The molecule has 0 bridgehead atoms. The summed E-state index contributed by atoms with van der Waals surface area (Å²) in [6, 6.07) is 7.66. The topological polar surface area (TPSA) is 84.3 Å². The molecule has 9 heteroatoms. The first-order valence-electron chi connectivity index (χ1n) is 6.23. The van der Waals surface area contributed by atoms with Crippen LogP contribution in [-0.2, 0) is 4.79 Å². The van der Waals surface area contributed by atoms with E-state index < -0.39 is 10.8 Å². The van der Waals surface area contributed by atoms with Crippen molar-refractivity contribution in [2.24, 2.45) is 0 Å². The predicted molar refractivity (Wildman–Crippen MR) is 95.8 cm³/mol. The smallest absolute Gasteiger partial charge is 0.271 e. The van der Waals surface area contributed by atoms with Crippen molar-refractivity contribution >= 4 is 63.6 Å². The van der Waals surface area contributed by atoms with Crippen molar-refractivity contribution in [1.29, 1.82) is 0 Å². The normalized spacial score (nSPS) is 10.5. The van der Waals surface area contributed by atoms with Gasteiger partial charge in [0.15, 0.2) is 5.11 Å². The molecule has 0 atom stereocenters. The number of halogens is 1. The first kappa shape index (κ1) is 17.1. The third-order valence-corrected chi connectivity index (χ3v) is 3.94. The maximum absolute atomic E-state index is 11.7. The first-order chi connectivity index (χ1) is 11.0. The summed E-state index contributed by atoms with van der Waals surface area (Å²) in [6.45, 7) is 0. The molecule has 0 radical (unpaired) electrons. The third-order valence-electron chi connectivity index (χ3n) is 2.59. The molecule has 1 aromatic carbocycles. The number of nitro benzene ring substituents is 1. The number of nitrogens with one attached hydrogen (secondary N) is 2. The fourth-order valence-electron chi connectivity index (χ4n) is 1.57. The molecule has 0 fully saturated rings. The molecule has 1 amide bonds. The van der Waals surface area contributed by atoms with Gasteiger partial charge in [0.05, 0.1) is 15.6 Å². The Morgan fingerprint density at radius 3 is 2.78 bits per heavy atom. The zero-order valence-corrected chi connectivity index (χ0v) is 13.9. The molecule has 2 N–H and O–H groups in total. The molecule has 23 heavy (non-hydrogen) atoms. The largest absolute Gasteiger partial charge is 0.331 e. The highest BCUT2D eigenvalue weighted by molar-refractivity contribution is 7.80. The quantitative estimate of drug-likeness (QED) is 0.371. The summed E-state index contributed by atoms with van der Waals surface area (Å²) in [5.41, 5.74) is 0.235. The van der Waals surface area contributed by atoms with E-state index >= 15 is 0 Å². The lowest BCUT2D eigenvalue weighted by Crippen LogP contribution is -2.32. The highest BCUT2D eigenvalue weighted by Crippen LogP contribution is 2.26. The maximum atomic E-state index is 11.7. The minimum absolute atomic E-state index is 0.0431. The number of hydrogen-bond donors (Lipinski definition) is 2. The third kappa shape index (κ3) is 5.13. The van der Waals surface area contributed by atoms with Gasteiger partial charge in [0.1, 0.15) is 0 Å². The Balaban J connectivity index is 1.94. The molecular formula is C14H10ClN3O3S2. The van der Waals surface area contributed by atoms with Crippen molar-refractivity contribution in [3.05, 3.63) is 61.8 Å². The number of thiocarbonyl (C=S) groups is 1. The van der Waals surface area contributed by atoms with Gasteiger partial charge in [-0.3, -0.25) is 20.2 Å². The van der Waals surface area contributed by atoms with Crippen molar-refractivity contribution in [3.8, 4) is 0 Å². The number of carbonyl (C=O) groups is 1. The van der Waals surface area contributed by atoms with Crippen LogP contribution in [0.2, 0.25) is 5.02 Å². The van der Waals surface area contributed by atoms with Gasteiger partial charge in [0.2, 0.25) is 5.91 Å². The van der Waals surface area contributed by atoms with Crippen LogP contribution in [0.5, 0.6) is 0 Å². The van der Waals surface area contributed by atoms with Gasteiger partial charge in [-0.05, 0) is 35.8 Å². The highest BCUT2D eigenvalue weighted by Gasteiger charge is 2.10. The molecule has 0 saturated heterocycles. The van der Waals surface area contributed by atoms with Crippen LogP contribution in [0, 0.1) is 10.1 Å². The molecule has 0 aliphatic rings. The Hall–Kier alpha value is -2.29. The molecule has 0 spiro atoms. The molecule has 0 unspecified atom stereocenters. The SMILES string of the molecule is O=C(/C=C/c1cccs1)NC(=S)Nc1ccc([N+](=O)[O-])cc1Cl. The van der Waals surface area contributed by atoms with Gasteiger partial charge < -0.3 is 5.32 Å². The minimum atomic E-state index is -0.550. The number of nitrogens with zero attached hydrogens (tertiary/aromatic N) is 1. The lowest BCUT2D eigenvalue weighted by atomic mass is 10.3. The number of benzene rings is 1. The van der Waals surface area contributed by atoms with Crippen molar-refractivity contribution in [1.82, 2.24) is 5.32 Å². The first-order valence-corrected chi connectivity index (χ1v) is 7.90.